The fourth-order valence-electron chi connectivity index (χ4n) is 0.636. The first-order valence-corrected chi connectivity index (χ1v) is 3.06. The lowest BCUT2D eigenvalue weighted by Gasteiger charge is -2.08. The van der Waals surface area contributed by atoms with Crippen LogP contribution in [0.25, 0.3) is 0 Å². The molecule has 2 N–H and O–H groups in total. The molecule has 0 atom stereocenters. The molecule has 7 heteroatoms. The Morgan fingerprint density at radius 3 is 2.38 bits per heavy atom. The van der Waals surface area contributed by atoms with Crippen LogP contribution in [0.2, 0.25) is 0 Å². The number of nitrogens with two attached hydrogens (primary N) is 1. The van der Waals surface area contributed by atoms with Crippen LogP contribution in [0.4, 0.5) is 23.4 Å². The summed E-state index contributed by atoms with van der Waals surface area (Å²) in [5.41, 5.74) is 5.00. The summed E-state index contributed by atoms with van der Waals surface area (Å²) >= 11 is 0. The molecule has 1 heterocycles. The highest BCUT2D eigenvalue weighted by atomic mass is 19.4. The van der Waals surface area contributed by atoms with Gasteiger partial charge < -0.3 is 10.5 Å². The summed E-state index contributed by atoms with van der Waals surface area (Å²) in [5, 5.41) is 0. The predicted molar refractivity (Wildman–Crippen MR) is 35.3 cm³/mol. The zero-order valence-electron chi connectivity index (χ0n) is 6.10. The first-order valence-electron chi connectivity index (χ1n) is 3.06. The van der Waals surface area contributed by atoms with Crippen LogP contribution in [0.3, 0.4) is 0 Å². The topological polar surface area (TPSA) is 48.1 Å². The molecule has 1 aromatic heterocycles. The molecule has 0 spiro atoms. The summed E-state index contributed by atoms with van der Waals surface area (Å²) < 4.78 is 50.6. The molecule has 1 aromatic rings. The molecule has 13 heavy (non-hydrogen) atoms. The number of hydrogen-bond acceptors (Lipinski definition) is 3. The number of rotatable bonds is 1. The minimum atomic E-state index is -4.93. The summed E-state index contributed by atoms with van der Waals surface area (Å²) in [4.78, 5) is 2.94. The maximum absolute atomic E-state index is 12.6. The van der Waals surface area contributed by atoms with Crippen molar-refractivity contribution in [2.24, 2.45) is 0 Å². The summed E-state index contributed by atoms with van der Waals surface area (Å²) in [6, 6.07) is 1.76. The molecule has 72 valence electrons. The van der Waals surface area contributed by atoms with Crippen LogP contribution in [0.1, 0.15) is 0 Å². The maximum atomic E-state index is 12.6. The minimum absolute atomic E-state index is 0.216. The van der Waals surface area contributed by atoms with Gasteiger partial charge in [0.15, 0.2) is 5.75 Å². The van der Waals surface area contributed by atoms with Gasteiger partial charge in [-0.15, -0.1) is 13.2 Å². The molecular weight excluding hydrogens is 192 g/mol. The number of aromatic nitrogens is 1. The van der Waals surface area contributed by atoms with E-state index in [1.165, 1.54) is 0 Å². The Morgan fingerprint density at radius 1 is 1.31 bits per heavy atom. The van der Waals surface area contributed by atoms with Gasteiger partial charge in [0.2, 0.25) is 0 Å². The number of nitrogens with zero attached hydrogens (tertiary/aromatic N) is 1. The quantitative estimate of drug-likeness (QED) is 0.549. The molecule has 0 aliphatic carbocycles. The monoisotopic (exact) mass is 196 g/mol. The van der Waals surface area contributed by atoms with Gasteiger partial charge in [-0.1, -0.05) is 0 Å². The minimum Gasteiger partial charge on any atom is -0.401 e. The van der Waals surface area contributed by atoms with Crippen molar-refractivity contribution in [3.63, 3.8) is 0 Å². The summed E-state index contributed by atoms with van der Waals surface area (Å²) in [6.45, 7) is 0. The third kappa shape index (κ3) is 2.77. The molecule has 0 unspecified atom stereocenters. The maximum Gasteiger partial charge on any atom is 0.573 e. The predicted octanol–water partition coefficient (Wildman–Crippen LogP) is 1.70. The Kier molecular flexibility index (Phi) is 2.26. The van der Waals surface area contributed by atoms with Gasteiger partial charge in [0.05, 0.1) is 0 Å². The Bertz CT molecular complexity index is 312. The van der Waals surface area contributed by atoms with E-state index in [2.05, 4.69) is 9.72 Å². The van der Waals surface area contributed by atoms with Gasteiger partial charge in [-0.2, -0.15) is 9.37 Å². The smallest absolute Gasteiger partial charge is 0.401 e. The van der Waals surface area contributed by atoms with Gasteiger partial charge in [0.25, 0.3) is 5.95 Å². The second-order valence-electron chi connectivity index (χ2n) is 2.07. The van der Waals surface area contributed by atoms with Crippen LogP contribution in [0.5, 0.6) is 5.75 Å². The fourth-order valence-corrected chi connectivity index (χ4v) is 0.636. The number of anilines is 1. The van der Waals surface area contributed by atoms with Crippen molar-refractivity contribution in [1.82, 2.24) is 4.98 Å². The fraction of sp³-hybridized carbons (Fsp3) is 0.167. The van der Waals surface area contributed by atoms with E-state index in [4.69, 9.17) is 5.73 Å². The molecule has 0 saturated carbocycles. The van der Waals surface area contributed by atoms with E-state index in [0.717, 1.165) is 12.1 Å². The van der Waals surface area contributed by atoms with Crippen LogP contribution in [0.15, 0.2) is 12.1 Å². The summed E-state index contributed by atoms with van der Waals surface area (Å²) in [7, 11) is 0. The van der Waals surface area contributed by atoms with E-state index in [1.807, 2.05) is 0 Å². The summed E-state index contributed by atoms with van der Waals surface area (Å²) in [5.74, 6) is -2.61. The zero-order chi connectivity index (χ0) is 10.1. The second kappa shape index (κ2) is 3.08. The highest BCUT2D eigenvalue weighted by Gasteiger charge is 2.32. The molecule has 0 aliphatic heterocycles. The van der Waals surface area contributed by atoms with Gasteiger partial charge >= 0.3 is 6.36 Å². The van der Waals surface area contributed by atoms with Crippen molar-refractivity contribution in [2.45, 2.75) is 6.36 Å². The van der Waals surface area contributed by atoms with Gasteiger partial charge in [0.1, 0.15) is 5.82 Å². The van der Waals surface area contributed by atoms with Crippen molar-refractivity contribution < 1.29 is 22.3 Å². The Hall–Kier alpha value is -1.53. The molecule has 0 radical (unpaired) electrons. The molecule has 0 saturated heterocycles. The number of nitrogen functional groups attached to an aromatic ring is 1. The third-order valence-corrected chi connectivity index (χ3v) is 1.06. The molecule has 0 aliphatic rings. The SMILES string of the molecule is Nc1ccc(OC(F)(F)F)c(F)n1. The van der Waals surface area contributed by atoms with E-state index in [1.54, 1.807) is 0 Å². The van der Waals surface area contributed by atoms with Crippen molar-refractivity contribution in [1.29, 1.82) is 0 Å². The van der Waals surface area contributed by atoms with E-state index in [9.17, 15) is 17.6 Å². The Morgan fingerprint density at radius 2 is 1.92 bits per heavy atom. The van der Waals surface area contributed by atoms with Gasteiger partial charge in [-0.25, -0.2) is 0 Å². The van der Waals surface area contributed by atoms with Crippen LogP contribution in [0, 0.1) is 5.95 Å². The molecule has 0 bridgehead atoms. The van der Waals surface area contributed by atoms with Crippen LogP contribution in [-0.4, -0.2) is 11.3 Å². The average molecular weight is 196 g/mol. The van der Waals surface area contributed by atoms with Gasteiger partial charge in [-0.05, 0) is 12.1 Å². The zero-order valence-corrected chi connectivity index (χ0v) is 6.10. The molecular formula is C6H4F4N2O. The lowest BCUT2D eigenvalue weighted by molar-refractivity contribution is -0.275. The molecule has 1 rings (SSSR count). The van der Waals surface area contributed by atoms with Crippen LogP contribution < -0.4 is 10.5 Å². The highest BCUT2D eigenvalue weighted by molar-refractivity contribution is 5.33. The summed E-state index contributed by atoms with van der Waals surface area (Å²) in [6.07, 6.45) is -4.93. The Balaban J connectivity index is 2.90. The van der Waals surface area contributed by atoms with Crippen molar-refractivity contribution in [3.8, 4) is 5.75 Å². The van der Waals surface area contributed by atoms with E-state index < -0.39 is 18.1 Å². The lowest BCUT2D eigenvalue weighted by Crippen LogP contribution is -2.18. The molecule has 0 amide bonds. The number of halogens is 4. The first-order chi connectivity index (χ1) is 5.88. The number of hydrogen-bond donors (Lipinski definition) is 1. The molecule has 0 aromatic carbocycles. The molecule has 3 nitrogen and oxygen atoms in total. The van der Waals surface area contributed by atoms with E-state index in [0.29, 0.717) is 0 Å². The van der Waals surface area contributed by atoms with Crippen molar-refractivity contribution in [2.75, 3.05) is 5.73 Å². The number of pyridine rings is 1. The van der Waals surface area contributed by atoms with Crippen LogP contribution in [-0.2, 0) is 0 Å². The van der Waals surface area contributed by atoms with Crippen LogP contribution >= 0.6 is 0 Å². The molecule has 0 fully saturated rings. The second-order valence-corrected chi connectivity index (χ2v) is 2.07. The number of ether oxygens (including phenoxy) is 1. The van der Waals surface area contributed by atoms with Crippen molar-refractivity contribution in [3.05, 3.63) is 18.1 Å². The highest BCUT2D eigenvalue weighted by Crippen LogP contribution is 2.24. The van der Waals surface area contributed by atoms with Crippen molar-refractivity contribution >= 4 is 5.82 Å². The average Bonchev–Trinajstić information content (AvgIpc) is 1.93. The van der Waals surface area contributed by atoms with Gasteiger partial charge in [-0.3, -0.25) is 0 Å². The van der Waals surface area contributed by atoms with Gasteiger partial charge in [0, 0.05) is 0 Å². The number of alkyl halides is 3. The Labute approximate surface area is 70.1 Å². The first kappa shape index (κ1) is 9.56. The third-order valence-electron chi connectivity index (χ3n) is 1.06. The standard InChI is InChI=1S/C6H4F4N2O/c7-5-3(13-6(8,9)10)1-2-4(11)12-5/h1-2H,(H2,11,12). The normalized spacial score (nSPS) is 11.4. The van der Waals surface area contributed by atoms with E-state index >= 15 is 0 Å². The largest absolute Gasteiger partial charge is 0.573 e. The lowest BCUT2D eigenvalue weighted by atomic mass is 10.4. The van der Waals surface area contributed by atoms with E-state index in [-0.39, 0.29) is 5.82 Å².